The number of likely N-dealkylation sites (tertiary alicyclic amines) is 3. The Morgan fingerprint density at radius 3 is 2.33 bits per heavy atom. The summed E-state index contributed by atoms with van der Waals surface area (Å²) in [5.41, 5.74) is 0. The van der Waals surface area contributed by atoms with E-state index in [-0.39, 0.29) is 11.9 Å². The number of carbonyl (C=O) groups is 2. The van der Waals surface area contributed by atoms with Gasteiger partial charge in [0.2, 0.25) is 0 Å². The molecule has 3 aliphatic heterocycles. The molecule has 3 atom stereocenters. The lowest BCUT2D eigenvalue weighted by Gasteiger charge is -2.26. The molecule has 0 bridgehead atoms. The molecule has 0 saturated carbocycles. The van der Waals surface area contributed by atoms with Gasteiger partial charge in [-0.15, -0.1) is 0 Å². The number of rotatable bonds is 2. The van der Waals surface area contributed by atoms with Gasteiger partial charge in [0.15, 0.2) is 0 Å². The number of hydrogen-bond acceptors (Lipinski definition) is 3. The maximum absolute atomic E-state index is 12.6. The Bertz CT molecular complexity index is 422. The van der Waals surface area contributed by atoms with Crippen molar-refractivity contribution in [2.45, 2.75) is 32.2 Å². The number of amides is 2. The highest BCUT2D eigenvalue weighted by Gasteiger charge is 2.40. The fraction of sp³-hybridized carbons (Fsp3) is 0.867. The molecule has 6 heteroatoms. The van der Waals surface area contributed by atoms with Gasteiger partial charge in [0, 0.05) is 32.2 Å². The number of carbonyl (C=O) groups excluding carboxylic acids is 1. The highest BCUT2D eigenvalue weighted by Crippen LogP contribution is 2.26. The summed E-state index contributed by atoms with van der Waals surface area (Å²) in [6, 6.07) is 0.541. The molecule has 6 nitrogen and oxygen atoms in total. The van der Waals surface area contributed by atoms with Crippen molar-refractivity contribution in [1.29, 1.82) is 0 Å². The minimum Gasteiger partial charge on any atom is -0.481 e. The molecule has 1 unspecified atom stereocenters. The van der Waals surface area contributed by atoms with E-state index >= 15 is 0 Å². The molecule has 3 saturated heterocycles. The van der Waals surface area contributed by atoms with Crippen LogP contribution in [-0.2, 0) is 4.79 Å². The minimum atomic E-state index is -0.783. The van der Waals surface area contributed by atoms with Gasteiger partial charge in [-0.05, 0) is 38.3 Å². The first-order valence-corrected chi connectivity index (χ1v) is 8.07. The third-order valence-corrected chi connectivity index (χ3v) is 5.29. The maximum Gasteiger partial charge on any atom is 0.320 e. The second-order valence-electron chi connectivity index (χ2n) is 6.74. The van der Waals surface area contributed by atoms with Crippen molar-refractivity contribution in [2.75, 3.05) is 39.3 Å². The molecule has 3 rings (SSSR count). The average Bonchev–Trinajstić information content (AvgIpc) is 3.17. The topological polar surface area (TPSA) is 64.1 Å². The van der Waals surface area contributed by atoms with Crippen LogP contribution in [-0.4, -0.2) is 77.1 Å². The average molecular weight is 295 g/mol. The summed E-state index contributed by atoms with van der Waals surface area (Å²) in [6.07, 6.45) is 3.60. The van der Waals surface area contributed by atoms with Crippen molar-refractivity contribution in [3.63, 3.8) is 0 Å². The molecular weight excluding hydrogens is 270 g/mol. The van der Waals surface area contributed by atoms with Crippen LogP contribution < -0.4 is 0 Å². The molecule has 0 aromatic rings. The quantitative estimate of drug-likeness (QED) is 0.823. The zero-order valence-corrected chi connectivity index (χ0v) is 12.7. The Labute approximate surface area is 125 Å². The molecule has 3 fully saturated rings. The summed E-state index contributed by atoms with van der Waals surface area (Å²) in [4.78, 5) is 29.9. The SMILES string of the molecule is C[C@@H]1CN(C(=O)N2CCC(N3CCCC3)C2)C[C@H]1C(=O)O. The molecule has 21 heavy (non-hydrogen) atoms. The van der Waals surface area contributed by atoms with E-state index < -0.39 is 11.9 Å². The van der Waals surface area contributed by atoms with E-state index in [2.05, 4.69) is 4.90 Å². The fourth-order valence-corrected chi connectivity index (χ4v) is 3.96. The zero-order chi connectivity index (χ0) is 15.0. The normalized spacial score (nSPS) is 33.9. The predicted octanol–water partition coefficient (Wildman–Crippen LogP) is 0.929. The summed E-state index contributed by atoms with van der Waals surface area (Å²) in [6.45, 7) is 6.79. The van der Waals surface area contributed by atoms with Crippen molar-refractivity contribution in [3.05, 3.63) is 0 Å². The van der Waals surface area contributed by atoms with Crippen LogP contribution in [0.2, 0.25) is 0 Å². The van der Waals surface area contributed by atoms with Crippen LogP contribution in [0.1, 0.15) is 26.2 Å². The van der Waals surface area contributed by atoms with Crippen LogP contribution in [0.4, 0.5) is 4.79 Å². The standard InChI is InChI=1S/C15H25N3O3/c1-11-8-18(10-13(11)14(19)20)15(21)17-7-4-12(9-17)16-5-2-3-6-16/h11-13H,2-10H2,1H3,(H,19,20)/t11-,12?,13-/m1/s1. The van der Waals surface area contributed by atoms with Crippen LogP contribution in [0.25, 0.3) is 0 Å². The Morgan fingerprint density at radius 2 is 1.71 bits per heavy atom. The van der Waals surface area contributed by atoms with E-state index in [0.29, 0.717) is 19.1 Å². The van der Waals surface area contributed by atoms with E-state index in [1.807, 2.05) is 11.8 Å². The lowest BCUT2D eigenvalue weighted by Crippen LogP contribution is -2.43. The van der Waals surface area contributed by atoms with Crippen LogP contribution in [0, 0.1) is 11.8 Å². The third-order valence-electron chi connectivity index (χ3n) is 5.29. The molecule has 118 valence electrons. The van der Waals surface area contributed by atoms with Crippen molar-refractivity contribution in [3.8, 4) is 0 Å². The van der Waals surface area contributed by atoms with Crippen LogP contribution in [0.15, 0.2) is 0 Å². The fourth-order valence-electron chi connectivity index (χ4n) is 3.96. The molecule has 0 spiro atoms. The molecule has 3 aliphatic rings. The molecule has 3 heterocycles. The highest BCUT2D eigenvalue weighted by molar-refractivity contribution is 5.78. The summed E-state index contributed by atoms with van der Waals surface area (Å²) < 4.78 is 0. The number of carboxylic acids is 1. The van der Waals surface area contributed by atoms with Gasteiger partial charge < -0.3 is 14.9 Å². The Balaban J connectivity index is 1.55. The van der Waals surface area contributed by atoms with Crippen molar-refractivity contribution >= 4 is 12.0 Å². The first-order chi connectivity index (χ1) is 10.1. The second kappa shape index (κ2) is 5.83. The van der Waals surface area contributed by atoms with Gasteiger partial charge in [0.25, 0.3) is 0 Å². The molecule has 2 amide bonds. The van der Waals surface area contributed by atoms with E-state index in [1.54, 1.807) is 4.90 Å². The monoisotopic (exact) mass is 295 g/mol. The zero-order valence-electron chi connectivity index (χ0n) is 12.7. The van der Waals surface area contributed by atoms with Crippen LogP contribution >= 0.6 is 0 Å². The van der Waals surface area contributed by atoms with Crippen LogP contribution in [0.3, 0.4) is 0 Å². The number of nitrogens with zero attached hydrogens (tertiary/aromatic N) is 3. The van der Waals surface area contributed by atoms with Gasteiger partial charge in [-0.3, -0.25) is 9.69 Å². The van der Waals surface area contributed by atoms with E-state index in [4.69, 9.17) is 0 Å². The number of aliphatic carboxylic acids is 1. The molecule has 0 aromatic heterocycles. The molecule has 0 radical (unpaired) electrons. The van der Waals surface area contributed by atoms with Gasteiger partial charge in [0.1, 0.15) is 0 Å². The van der Waals surface area contributed by atoms with Gasteiger partial charge in [-0.2, -0.15) is 0 Å². The van der Waals surface area contributed by atoms with E-state index in [9.17, 15) is 14.7 Å². The molecule has 1 N–H and O–H groups in total. The predicted molar refractivity (Wildman–Crippen MR) is 78.0 cm³/mol. The molecule has 0 aliphatic carbocycles. The lowest BCUT2D eigenvalue weighted by molar-refractivity contribution is -0.142. The number of carboxylic acid groups (broad SMARTS) is 1. The van der Waals surface area contributed by atoms with E-state index in [0.717, 1.165) is 32.6 Å². The Kier molecular flexibility index (Phi) is 4.06. The Hall–Kier alpha value is -1.30. The van der Waals surface area contributed by atoms with Gasteiger partial charge >= 0.3 is 12.0 Å². The van der Waals surface area contributed by atoms with Crippen molar-refractivity contribution < 1.29 is 14.7 Å². The Morgan fingerprint density at radius 1 is 1.00 bits per heavy atom. The summed E-state index contributed by atoms with van der Waals surface area (Å²) in [5, 5.41) is 9.18. The smallest absolute Gasteiger partial charge is 0.320 e. The molecule has 0 aromatic carbocycles. The second-order valence-corrected chi connectivity index (χ2v) is 6.74. The first-order valence-electron chi connectivity index (χ1n) is 8.07. The first kappa shape index (κ1) is 14.6. The number of hydrogen-bond donors (Lipinski definition) is 1. The maximum atomic E-state index is 12.6. The van der Waals surface area contributed by atoms with Gasteiger partial charge in [-0.1, -0.05) is 6.92 Å². The summed E-state index contributed by atoms with van der Waals surface area (Å²) >= 11 is 0. The van der Waals surface area contributed by atoms with Gasteiger partial charge in [0.05, 0.1) is 5.92 Å². The van der Waals surface area contributed by atoms with Crippen molar-refractivity contribution in [1.82, 2.24) is 14.7 Å². The summed E-state index contributed by atoms with van der Waals surface area (Å²) in [7, 11) is 0. The van der Waals surface area contributed by atoms with Gasteiger partial charge in [-0.25, -0.2) is 4.79 Å². The number of urea groups is 1. The largest absolute Gasteiger partial charge is 0.481 e. The third kappa shape index (κ3) is 2.86. The lowest BCUT2D eigenvalue weighted by atomic mass is 9.99. The summed E-state index contributed by atoms with van der Waals surface area (Å²) in [5.74, 6) is -1.15. The highest BCUT2D eigenvalue weighted by atomic mass is 16.4. The minimum absolute atomic E-state index is 0.0345. The van der Waals surface area contributed by atoms with E-state index in [1.165, 1.54) is 12.8 Å². The van der Waals surface area contributed by atoms with Crippen LogP contribution in [0.5, 0.6) is 0 Å². The molecular formula is C15H25N3O3. The van der Waals surface area contributed by atoms with Crippen molar-refractivity contribution in [2.24, 2.45) is 11.8 Å².